The lowest BCUT2D eigenvalue weighted by atomic mass is 10.2. The molecule has 0 radical (unpaired) electrons. The molecule has 0 spiro atoms. The lowest BCUT2D eigenvalue weighted by Gasteiger charge is -2.16. The van der Waals surface area contributed by atoms with Crippen LogP contribution in [0.2, 0.25) is 0 Å². The Hall–Kier alpha value is -0.810. The highest BCUT2D eigenvalue weighted by Crippen LogP contribution is 2.08. The average Bonchev–Trinajstić information content (AvgIpc) is 2.55. The second-order valence-corrected chi connectivity index (χ2v) is 2.92. The number of urea groups is 1. The van der Waals surface area contributed by atoms with Gasteiger partial charge in [-0.15, -0.1) is 0 Å². The molecule has 2 unspecified atom stereocenters. The Kier molecular flexibility index (Phi) is 1.67. The Morgan fingerprint density at radius 3 is 2.91 bits per heavy atom. The Balaban J connectivity index is 1.90. The van der Waals surface area contributed by atoms with Gasteiger partial charge in [0.25, 0.3) is 0 Å². The normalized spacial score (nSPS) is 36.9. The average molecular weight is 156 g/mol. The van der Waals surface area contributed by atoms with Crippen molar-refractivity contribution in [3.63, 3.8) is 0 Å². The molecule has 0 saturated carbocycles. The molecule has 0 aromatic rings. The maximum Gasteiger partial charge on any atom is 0.330 e. The predicted octanol–water partition coefficient (Wildman–Crippen LogP) is -1.12. The molecule has 0 aromatic heterocycles. The van der Waals surface area contributed by atoms with Crippen molar-refractivity contribution in [1.29, 1.82) is 0 Å². The molecule has 2 atom stereocenters. The topological polar surface area (TPSA) is 65.2 Å². The van der Waals surface area contributed by atoms with E-state index in [4.69, 9.17) is 0 Å². The summed E-state index contributed by atoms with van der Waals surface area (Å²) in [5.41, 5.74) is 5.38. The minimum atomic E-state index is -0.135. The maximum absolute atomic E-state index is 10.7. The molecule has 0 aromatic carbocycles. The molecule has 2 fully saturated rings. The van der Waals surface area contributed by atoms with Gasteiger partial charge in [0, 0.05) is 6.04 Å². The first-order valence-corrected chi connectivity index (χ1v) is 3.92. The number of carbonyl (C=O) groups excluding carboxylic acids is 1. The van der Waals surface area contributed by atoms with Crippen molar-refractivity contribution in [2.45, 2.75) is 25.0 Å². The number of nitrogens with one attached hydrogen (secondary N) is 4. The molecular formula is C6H12N4O. The summed E-state index contributed by atoms with van der Waals surface area (Å²) in [6.07, 6.45) is 2.38. The standard InChI is InChI=1S/C6H12N4O/c11-6-8-5(9-10-6)4-2-1-3-7-4/h4-5,7,9H,1-3H2,(H2,8,10,11). The monoisotopic (exact) mass is 156 g/mol. The lowest BCUT2D eigenvalue weighted by molar-refractivity contribution is 0.246. The number of hydrogen-bond acceptors (Lipinski definition) is 3. The van der Waals surface area contributed by atoms with Gasteiger partial charge in [0.15, 0.2) is 0 Å². The van der Waals surface area contributed by atoms with Crippen LogP contribution in [-0.2, 0) is 0 Å². The largest absolute Gasteiger partial charge is 0.330 e. The zero-order chi connectivity index (χ0) is 7.68. The first-order valence-electron chi connectivity index (χ1n) is 3.92. The van der Waals surface area contributed by atoms with Gasteiger partial charge in [-0.05, 0) is 19.4 Å². The molecule has 2 aliphatic heterocycles. The number of carbonyl (C=O) groups is 1. The summed E-state index contributed by atoms with van der Waals surface area (Å²) in [6.45, 7) is 1.05. The number of amides is 2. The van der Waals surface area contributed by atoms with Crippen LogP contribution in [-0.4, -0.2) is 24.8 Å². The highest BCUT2D eigenvalue weighted by atomic mass is 16.2. The first kappa shape index (κ1) is 6.87. The van der Waals surface area contributed by atoms with Crippen molar-refractivity contribution in [1.82, 2.24) is 21.5 Å². The molecule has 2 amide bonds. The van der Waals surface area contributed by atoms with Gasteiger partial charge in [0.05, 0.1) is 0 Å². The molecule has 4 N–H and O–H groups in total. The second-order valence-electron chi connectivity index (χ2n) is 2.92. The van der Waals surface area contributed by atoms with Gasteiger partial charge in [-0.25, -0.2) is 10.2 Å². The summed E-state index contributed by atoms with van der Waals surface area (Å²) in [5.74, 6) is 0. The van der Waals surface area contributed by atoms with Crippen molar-refractivity contribution < 1.29 is 4.79 Å². The molecule has 2 rings (SSSR count). The molecule has 11 heavy (non-hydrogen) atoms. The van der Waals surface area contributed by atoms with E-state index in [-0.39, 0.29) is 12.2 Å². The number of hydrogen-bond donors (Lipinski definition) is 4. The van der Waals surface area contributed by atoms with Crippen molar-refractivity contribution in [3.05, 3.63) is 0 Å². The highest BCUT2D eigenvalue weighted by molar-refractivity contribution is 5.75. The maximum atomic E-state index is 10.7. The van der Waals surface area contributed by atoms with Crippen LogP contribution in [0.15, 0.2) is 0 Å². The van der Waals surface area contributed by atoms with E-state index in [1.807, 2.05) is 0 Å². The van der Waals surface area contributed by atoms with Gasteiger partial charge in [-0.3, -0.25) is 5.43 Å². The molecule has 0 bridgehead atoms. The quantitative estimate of drug-likeness (QED) is 0.389. The predicted molar refractivity (Wildman–Crippen MR) is 39.6 cm³/mol. The molecule has 5 nitrogen and oxygen atoms in total. The number of rotatable bonds is 1. The van der Waals surface area contributed by atoms with E-state index >= 15 is 0 Å². The van der Waals surface area contributed by atoms with E-state index in [9.17, 15) is 4.79 Å². The Morgan fingerprint density at radius 2 is 2.36 bits per heavy atom. The highest BCUT2D eigenvalue weighted by Gasteiger charge is 2.29. The van der Waals surface area contributed by atoms with Crippen molar-refractivity contribution in [2.75, 3.05) is 6.54 Å². The summed E-state index contributed by atoms with van der Waals surface area (Å²) in [5, 5.41) is 6.07. The molecule has 5 heteroatoms. The molecule has 62 valence electrons. The zero-order valence-electron chi connectivity index (χ0n) is 6.18. The summed E-state index contributed by atoms with van der Waals surface area (Å²) < 4.78 is 0. The van der Waals surface area contributed by atoms with E-state index in [0.29, 0.717) is 6.04 Å². The minimum Gasteiger partial charge on any atom is -0.319 e. The van der Waals surface area contributed by atoms with E-state index in [1.165, 1.54) is 6.42 Å². The zero-order valence-corrected chi connectivity index (χ0v) is 6.18. The van der Waals surface area contributed by atoms with Gasteiger partial charge >= 0.3 is 6.03 Å². The minimum absolute atomic E-state index is 0.0602. The second kappa shape index (κ2) is 2.67. The van der Waals surface area contributed by atoms with E-state index in [2.05, 4.69) is 21.5 Å². The lowest BCUT2D eigenvalue weighted by Crippen LogP contribution is -2.48. The van der Waals surface area contributed by atoms with Crippen LogP contribution in [0.25, 0.3) is 0 Å². The molecule has 2 saturated heterocycles. The van der Waals surface area contributed by atoms with E-state index < -0.39 is 0 Å². The third kappa shape index (κ3) is 1.29. The fourth-order valence-electron chi connectivity index (χ4n) is 1.55. The van der Waals surface area contributed by atoms with Gasteiger partial charge in [0.2, 0.25) is 0 Å². The first-order chi connectivity index (χ1) is 5.36. The van der Waals surface area contributed by atoms with Crippen LogP contribution in [0.3, 0.4) is 0 Å². The van der Waals surface area contributed by atoms with Gasteiger partial charge in [0.1, 0.15) is 6.17 Å². The van der Waals surface area contributed by atoms with E-state index in [0.717, 1.165) is 13.0 Å². The fraction of sp³-hybridized carbons (Fsp3) is 0.833. The van der Waals surface area contributed by atoms with Crippen LogP contribution in [0, 0.1) is 0 Å². The Bertz CT molecular complexity index is 166. The van der Waals surface area contributed by atoms with Gasteiger partial charge in [-0.2, -0.15) is 0 Å². The van der Waals surface area contributed by atoms with Crippen LogP contribution >= 0.6 is 0 Å². The van der Waals surface area contributed by atoms with Crippen LogP contribution in [0.1, 0.15) is 12.8 Å². The van der Waals surface area contributed by atoms with Gasteiger partial charge < -0.3 is 10.6 Å². The van der Waals surface area contributed by atoms with Gasteiger partial charge in [-0.1, -0.05) is 0 Å². The smallest absolute Gasteiger partial charge is 0.319 e. The summed E-state index contributed by atoms with van der Waals surface area (Å²) >= 11 is 0. The Morgan fingerprint density at radius 1 is 1.45 bits per heavy atom. The van der Waals surface area contributed by atoms with Crippen molar-refractivity contribution >= 4 is 6.03 Å². The SMILES string of the molecule is O=C1NNC(C2CCCN2)N1. The van der Waals surface area contributed by atoms with Crippen LogP contribution in [0.4, 0.5) is 4.79 Å². The molecule has 0 aliphatic carbocycles. The third-order valence-corrected chi connectivity index (χ3v) is 2.13. The Labute approximate surface area is 64.9 Å². The van der Waals surface area contributed by atoms with Crippen molar-refractivity contribution in [3.8, 4) is 0 Å². The molecular weight excluding hydrogens is 144 g/mol. The summed E-state index contributed by atoms with van der Waals surface area (Å²) in [6, 6.07) is 0.248. The molecule has 2 aliphatic rings. The van der Waals surface area contributed by atoms with Crippen LogP contribution in [0.5, 0.6) is 0 Å². The number of hydrazine groups is 1. The van der Waals surface area contributed by atoms with Crippen LogP contribution < -0.4 is 21.5 Å². The molecule has 2 heterocycles. The van der Waals surface area contributed by atoms with E-state index in [1.54, 1.807) is 0 Å². The summed E-state index contributed by atoms with van der Waals surface area (Å²) in [4.78, 5) is 10.7. The third-order valence-electron chi connectivity index (χ3n) is 2.13. The fourth-order valence-corrected chi connectivity index (χ4v) is 1.55. The summed E-state index contributed by atoms with van der Waals surface area (Å²) in [7, 11) is 0. The van der Waals surface area contributed by atoms with Crippen molar-refractivity contribution in [2.24, 2.45) is 0 Å².